The summed E-state index contributed by atoms with van der Waals surface area (Å²) in [6.45, 7) is 1.99. The molecule has 11 heteroatoms. The lowest BCUT2D eigenvalue weighted by atomic mass is 9.81. The summed E-state index contributed by atoms with van der Waals surface area (Å²) in [4.78, 5) is 45.9. The van der Waals surface area contributed by atoms with Crippen LogP contribution < -0.4 is 10.6 Å². The van der Waals surface area contributed by atoms with Crippen LogP contribution >= 0.6 is 15.9 Å². The number of hydrogen-bond acceptors (Lipinski definition) is 5. The average molecular weight is 624 g/mol. The molecule has 5 fully saturated rings. The average Bonchev–Trinajstić information content (AvgIpc) is 3.17. The molecule has 2 heterocycles. The maximum absolute atomic E-state index is 14.2. The second kappa shape index (κ2) is 10.5. The van der Waals surface area contributed by atoms with Crippen molar-refractivity contribution in [1.29, 1.82) is 0 Å². The standard InChI is InChI=1S/C29H37BrF2N4O4/c1-16-8-11-23(30)34-24(16)35-26(38)20-13-28(15-33-25(37)19-7-4-12-29(19,31)32)14-22(28)36(20)27(39)40-21-10-9-17-5-2-3-6-18(17)21/h8,11,17-22H,2-7,9-10,12-15H2,1H3,(H,33,37)(H,34,35,38)/t17?,18?,19?,20-,21?,22+,28-/m0/s1. The summed E-state index contributed by atoms with van der Waals surface area (Å²) in [6, 6.07) is 2.52. The van der Waals surface area contributed by atoms with Crippen LogP contribution in [0.25, 0.3) is 0 Å². The van der Waals surface area contributed by atoms with Gasteiger partial charge in [0.2, 0.25) is 11.8 Å². The van der Waals surface area contributed by atoms with Crippen LogP contribution in [0, 0.1) is 30.1 Å². The Balaban J connectivity index is 1.18. The van der Waals surface area contributed by atoms with E-state index in [-0.39, 0.29) is 37.4 Å². The van der Waals surface area contributed by atoms with Crippen LogP contribution in [-0.2, 0) is 14.3 Å². The minimum absolute atomic E-state index is 0.145. The van der Waals surface area contributed by atoms with Gasteiger partial charge < -0.3 is 15.4 Å². The highest BCUT2D eigenvalue weighted by Gasteiger charge is 2.68. The minimum atomic E-state index is -2.99. The number of ether oxygens (including phenoxy) is 1. The highest BCUT2D eigenvalue weighted by Crippen LogP contribution is 2.60. The molecule has 0 aromatic carbocycles. The summed E-state index contributed by atoms with van der Waals surface area (Å²) in [5, 5.41) is 5.63. The monoisotopic (exact) mass is 622 g/mol. The van der Waals surface area contributed by atoms with Gasteiger partial charge in [-0.2, -0.15) is 0 Å². The molecule has 4 aliphatic carbocycles. The fraction of sp³-hybridized carbons (Fsp3) is 0.724. The van der Waals surface area contributed by atoms with E-state index in [1.165, 1.54) is 12.8 Å². The molecule has 4 unspecified atom stereocenters. The van der Waals surface area contributed by atoms with E-state index in [0.717, 1.165) is 31.2 Å². The summed E-state index contributed by atoms with van der Waals surface area (Å²) < 4.78 is 35.1. The number of nitrogens with zero attached hydrogens (tertiary/aromatic N) is 2. The number of aryl methyl sites for hydroxylation is 1. The van der Waals surface area contributed by atoms with E-state index in [2.05, 4.69) is 31.5 Å². The molecule has 4 saturated carbocycles. The highest BCUT2D eigenvalue weighted by atomic mass is 79.9. The third kappa shape index (κ3) is 5.11. The van der Waals surface area contributed by atoms with Gasteiger partial charge in [-0.15, -0.1) is 0 Å². The van der Waals surface area contributed by atoms with Gasteiger partial charge in [0.15, 0.2) is 0 Å². The Hall–Kier alpha value is -2.30. The van der Waals surface area contributed by atoms with Crippen molar-refractivity contribution in [3.63, 3.8) is 0 Å². The molecule has 2 N–H and O–H groups in total. The molecule has 1 aromatic heterocycles. The maximum Gasteiger partial charge on any atom is 0.411 e. The first-order valence-corrected chi connectivity index (χ1v) is 15.5. The van der Waals surface area contributed by atoms with Gasteiger partial charge in [0.25, 0.3) is 5.92 Å². The zero-order valence-electron chi connectivity index (χ0n) is 22.8. The van der Waals surface area contributed by atoms with Gasteiger partial charge in [0.1, 0.15) is 28.5 Å². The number of amides is 3. The third-order valence-corrected chi connectivity index (χ3v) is 10.6. The number of hydrogen-bond donors (Lipinski definition) is 2. The molecule has 1 saturated heterocycles. The lowest BCUT2D eigenvalue weighted by Gasteiger charge is -2.31. The zero-order chi connectivity index (χ0) is 28.2. The highest BCUT2D eigenvalue weighted by molar-refractivity contribution is 9.10. The first-order chi connectivity index (χ1) is 19.1. The first kappa shape index (κ1) is 27.8. The van der Waals surface area contributed by atoms with Crippen molar-refractivity contribution in [2.75, 3.05) is 11.9 Å². The quantitative estimate of drug-likeness (QED) is 0.403. The number of likely N-dealkylation sites (tertiary alicyclic amines) is 1. The van der Waals surface area contributed by atoms with Crippen LogP contribution in [0.1, 0.15) is 76.2 Å². The van der Waals surface area contributed by atoms with Gasteiger partial charge in [0, 0.05) is 24.4 Å². The van der Waals surface area contributed by atoms with Crippen LogP contribution in [0.15, 0.2) is 16.7 Å². The Morgan fingerprint density at radius 3 is 2.65 bits per heavy atom. The summed E-state index contributed by atoms with van der Waals surface area (Å²) in [5.74, 6) is -3.96. The summed E-state index contributed by atoms with van der Waals surface area (Å²) in [6.07, 6.45) is 7.02. The van der Waals surface area contributed by atoms with E-state index in [4.69, 9.17) is 4.74 Å². The normalized spacial score (nSPS) is 35.5. The topological polar surface area (TPSA) is 101 Å². The summed E-state index contributed by atoms with van der Waals surface area (Å²) >= 11 is 3.34. The summed E-state index contributed by atoms with van der Waals surface area (Å²) in [7, 11) is 0. The van der Waals surface area contributed by atoms with Gasteiger partial charge in [-0.05, 0) is 91.3 Å². The maximum atomic E-state index is 14.2. The Morgan fingerprint density at radius 1 is 1.07 bits per heavy atom. The number of nitrogens with one attached hydrogen (secondary N) is 2. The van der Waals surface area contributed by atoms with Crippen molar-refractivity contribution in [3.8, 4) is 0 Å². The Labute approximate surface area is 241 Å². The number of alkyl halides is 2. The number of piperidine rings is 1. The van der Waals surface area contributed by atoms with Gasteiger partial charge in [-0.3, -0.25) is 14.5 Å². The van der Waals surface area contributed by atoms with E-state index >= 15 is 0 Å². The van der Waals surface area contributed by atoms with Crippen LogP contribution in [-0.4, -0.2) is 58.4 Å². The van der Waals surface area contributed by atoms with Crippen molar-refractivity contribution in [1.82, 2.24) is 15.2 Å². The number of aromatic nitrogens is 1. The Kier molecular flexibility index (Phi) is 7.32. The largest absolute Gasteiger partial charge is 0.446 e. The molecule has 6 rings (SSSR count). The molecule has 40 heavy (non-hydrogen) atoms. The van der Waals surface area contributed by atoms with Crippen molar-refractivity contribution in [2.24, 2.45) is 23.2 Å². The van der Waals surface area contributed by atoms with Gasteiger partial charge in [-0.25, -0.2) is 18.6 Å². The molecule has 5 aliphatic rings. The minimum Gasteiger partial charge on any atom is -0.446 e. The fourth-order valence-corrected chi connectivity index (χ4v) is 8.17. The van der Waals surface area contributed by atoms with Crippen LogP contribution in [0.3, 0.4) is 0 Å². The van der Waals surface area contributed by atoms with Crippen molar-refractivity contribution >= 4 is 39.7 Å². The van der Waals surface area contributed by atoms with Crippen LogP contribution in [0.2, 0.25) is 0 Å². The third-order valence-electron chi connectivity index (χ3n) is 10.2. The molecule has 0 spiro atoms. The van der Waals surface area contributed by atoms with E-state index in [9.17, 15) is 23.2 Å². The molecule has 0 bridgehead atoms. The van der Waals surface area contributed by atoms with Crippen molar-refractivity contribution < 1.29 is 27.9 Å². The number of fused-ring (bicyclic) bond motifs is 2. The van der Waals surface area contributed by atoms with Crippen molar-refractivity contribution in [3.05, 3.63) is 22.3 Å². The number of anilines is 1. The molecule has 1 aliphatic heterocycles. The number of carbonyl (C=O) groups excluding carboxylic acids is 3. The van der Waals surface area contributed by atoms with Gasteiger partial charge >= 0.3 is 6.09 Å². The van der Waals surface area contributed by atoms with E-state index in [0.29, 0.717) is 41.5 Å². The predicted octanol–water partition coefficient (Wildman–Crippen LogP) is 5.58. The second-order valence-corrected chi connectivity index (χ2v) is 13.4. The molecule has 0 radical (unpaired) electrons. The van der Waals surface area contributed by atoms with Gasteiger partial charge in [-0.1, -0.05) is 25.3 Å². The smallest absolute Gasteiger partial charge is 0.411 e. The molecular weight excluding hydrogens is 586 g/mol. The Bertz CT molecular complexity index is 1200. The molecular formula is C29H37BrF2N4O4. The van der Waals surface area contributed by atoms with E-state index in [1.807, 2.05) is 13.0 Å². The van der Waals surface area contributed by atoms with Crippen LogP contribution in [0.4, 0.5) is 19.4 Å². The van der Waals surface area contributed by atoms with E-state index in [1.54, 1.807) is 11.0 Å². The van der Waals surface area contributed by atoms with Gasteiger partial charge in [0.05, 0.1) is 0 Å². The SMILES string of the molecule is Cc1ccc(Br)nc1NC(=O)[C@@H]1C[C@@]2(CNC(=O)C3CCCC3(F)F)C[C@H]2N1C(=O)OC1CCC2CCCCC21. The van der Waals surface area contributed by atoms with E-state index < -0.39 is 35.3 Å². The second-order valence-electron chi connectivity index (χ2n) is 12.6. The Morgan fingerprint density at radius 2 is 1.88 bits per heavy atom. The molecule has 8 nitrogen and oxygen atoms in total. The van der Waals surface area contributed by atoms with Crippen LogP contribution in [0.5, 0.6) is 0 Å². The molecule has 218 valence electrons. The predicted molar refractivity (Wildman–Crippen MR) is 147 cm³/mol. The number of pyridine rings is 1. The van der Waals surface area contributed by atoms with Crippen molar-refractivity contribution in [2.45, 2.75) is 102 Å². The lowest BCUT2D eigenvalue weighted by molar-refractivity contribution is -0.136. The lowest BCUT2D eigenvalue weighted by Crippen LogP contribution is -2.47. The molecule has 1 aromatic rings. The zero-order valence-corrected chi connectivity index (χ0v) is 24.4. The molecule has 3 amide bonds. The fourth-order valence-electron chi connectivity index (χ4n) is 7.86. The molecule has 7 atom stereocenters. The number of carbonyl (C=O) groups is 3. The summed E-state index contributed by atoms with van der Waals surface area (Å²) in [5.41, 5.74) is 0.246. The number of rotatable bonds is 6. The number of halogens is 3. The first-order valence-electron chi connectivity index (χ1n) is 14.7.